The summed E-state index contributed by atoms with van der Waals surface area (Å²) in [6, 6.07) is -11.2. The molecular weight excluding hydrogens is 1950 g/mol. The van der Waals surface area contributed by atoms with Crippen molar-refractivity contribution in [1.82, 2.24) is 99.8 Å². The Balaban J connectivity index is 0.000000157. The van der Waals surface area contributed by atoms with Crippen LogP contribution in [-0.4, -0.2) is 334 Å². The van der Waals surface area contributed by atoms with E-state index in [0.29, 0.717) is 65.5 Å². The van der Waals surface area contributed by atoms with Crippen LogP contribution in [0.2, 0.25) is 0 Å². The maximum Gasteiger partial charge on any atom is 0.191 e. The van der Waals surface area contributed by atoms with Crippen molar-refractivity contribution in [2.45, 2.75) is 298 Å². The maximum absolute atomic E-state index is 14.7. The summed E-state index contributed by atoms with van der Waals surface area (Å²) < 4.78 is 357. The fourth-order valence-corrected chi connectivity index (χ4v) is 19.1. The Bertz CT molecular complexity index is 8180. The van der Waals surface area contributed by atoms with Gasteiger partial charge in [-0.05, 0) is 148 Å². The van der Waals surface area contributed by atoms with Gasteiger partial charge in [0.1, 0.15) is 72.1 Å². The van der Waals surface area contributed by atoms with Gasteiger partial charge in [-0.2, -0.15) is 0 Å². The van der Waals surface area contributed by atoms with Crippen molar-refractivity contribution in [3.05, 3.63) is 140 Å². The van der Waals surface area contributed by atoms with Gasteiger partial charge in [0.15, 0.2) is 88.6 Å². The molecule has 8 aliphatic rings. The number of nitrogens with zero attached hydrogens (tertiary/aromatic N) is 20. The fraction of sp³-hybridized carbons (Fsp3) is 0.583. The van der Waals surface area contributed by atoms with Gasteiger partial charge in [-0.25, -0.2) is 76.2 Å². The molecular formula is C96H124F4N24O16S4. The molecule has 8 fully saturated rings. The van der Waals surface area contributed by atoms with E-state index in [1.54, 1.807) is 0 Å². The molecule has 48 heteroatoms. The number of aliphatic hydroxyl groups excluding tert-OH is 10. The molecule has 16 N–H and O–H groups in total. The first-order valence-corrected chi connectivity index (χ1v) is 48.8. The van der Waals surface area contributed by atoms with E-state index in [1.807, 2.05) is 6.92 Å². The minimum atomic E-state index is -3.45. The van der Waals surface area contributed by atoms with Gasteiger partial charge in [0.05, 0.1) is 129 Å². The van der Waals surface area contributed by atoms with Gasteiger partial charge in [0, 0.05) is 116 Å². The minimum Gasteiger partial charge on any atom is -0.394 e. The van der Waals surface area contributed by atoms with E-state index in [9.17, 15) is 73.7 Å². The van der Waals surface area contributed by atoms with Crippen molar-refractivity contribution >= 4 is 115 Å². The topological polar surface area (TPSA) is 554 Å². The van der Waals surface area contributed by atoms with Crippen LogP contribution in [0.5, 0.6) is 0 Å². The first-order chi connectivity index (χ1) is 82.4. The van der Waals surface area contributed by atoms with Gasteiger partial charge in [0.25, 0.3) is 0 Å². The van der Waals surface area contributed by atoms with Crippen LogP contribution < -0.4 is 21.3 Å². The molecule has 8 aromatic heterocycles. The lowest BCUT2D eigenvalue weighted by atomic mass is 10.1. The molecule has 0 spiro atoms. The van der Waals surface area contributed by atoms with Crippen molar-refractivity contribution in [2.75, 3.05) is 96.8 Å². The van der Waals surface area contributed by atoms with E-state index < -0.39 is 281 Å². The molecule has 776 valence electrons. The zero-order valence-corrected chi connectivity index (χ0v) is 80.9. The van der Waals surface area contributed by atoms with Crippen LogP contribution in [0.4, 0.5) is 40.8 Å². The summed E-state index contributed by atoms with van der Waals surface area (Å²) in [5.74, 6) is -5.54. The summed E-state index contributed by atoms with van der Waals surface area (Å²) in [6.07, 6.45) is -24.3. The predicted molar refractivity (Wildman–Crippen MR) is 530 cm³/mol. The van der Waals surface area contributed by atoms with Gasteiger partial charge in [-0.3, -0.25) is 0 Å². The summed E-state index contributed by atoms with van der Waals surface area (Å²) in [5, 5.41) is 167. The summed E-state index contributed by atoms with van der Waals surface area (Å²) in [6.45, 7) is -3.52. The van der Waals surface area contributed by atoms with Gasteiger partial charge >= 0.3 is 0 Å². The standard InChI is InChI=1S/4C24H31FN6O4S/c4*1-3-8-36-24-27-22(26-16-10-14(16)13-5-4-12(2)15(25)9-13)19-23(28-24)31(30-29-19)17-11-18(35-7-6-32)21(34)20(17)33/h4*4-5,9,14,16-18,20-21,32-34H,3,6-8,10-11H2,1-2H3,(H,26,27,28)/t4*14-,16+,17+,18-,20-,21+/m0000/s1/i3D2,4D,5D,6D2,7D2,8D2,9D;3D2,4D,5D,7D2,8D2,9D;3D2,4D,5D,6D2,8D2,9D;4D,5D,9D,10D2. The van der Waals surface area contributed by atoms with Crippen molar-refractivity contribution in [3.8, 4) is 0 Å². The molecule has 0 aliphatic heterocycles. The average molecular weight is 2110 g/mol. The van der Waals surface area contributed by atoms with Crippen LogP contribution in [0, 0.1) is 51.0 Å². The van der Waals surface area contributed by atoms with Crippen molar-refractivity contribution in [1.29, 1.82) is 0 Å². The Labute approximate surface area is 891 Å². The van der Waals surface area contributed by atoms with Crippen molar-refractivity contribution in [3.63, 3.8) is 0 Å². The molecule has 0 unspecified atom stereocenters. The number of rotatable bonds is 40. The number of benzene rings is 4. The first kappa shape index (κ1) is 70.4. The number of aliphatic hydroxyl groups is 12. The highest BCUT2D eigenvalue weighted by Crippen LogP contribution is 2.50. The normalized spacial score (nSPS) is 32.4. The zero-order chi connectivity index (χ0) is 132. The molecule has 4 aromatic carbocycles. The highest BCUT2D eigenvalue weighted by atomic mass is 32.2. The van der Waals surface area contributed by atoms with Crippen LogP contribution in [0.25, 0.3) is 44.7 Å². The van der Waals surface area contributed by atoms with Crippen LogP contribution in [-0.2, 0) is 18.9 Å². The smallest absolute Gasteiger partial charge is 0.191 e. The first-order valence-electron chi connectivity index (χ1n) is 62.4. The van der Waals surface area contributed by atoms with E-state index >= 15 is 0 Å². The van der Waals surface area contributed by atoms with Gasteiger partial charge in [-0.1, -0.05) is 144 Å². The average Bonchev–Trinajstić information content (AvgIpc) is 1.53. The number of hydrogen-bond donors (Lipinski definition) is 16. The van der Waals surface area contributed by atoms with E-state index in [4.69, 9.17) is 70.7 Å². The predicted octanol–water partition coefficient (Wildman–Crippen LogP) is 8.73. The molecule has 0 radical (unpaired) electrons. The van der Waals surface area contributed by atoms with E-state index in [-0.39, 0.29) is 209 Å². The number of thioether (sulfide) groups is 4. The third-order valence-corrected chi connectivity index (χ3v) is 27.9. The number of halogens is 4. The van der Waals surface area contributed by atoms with Crippen LogP contribution in [0.1, 0.15) is 244 Å². The molecule has 0 bridgehead atoms. The maximum atomic E-state index is 14.7. The third kappa shape index (κ3) is 23.8. The van der Waals surface area contributed by atoms with Gasteiger partial charge in [-0.15, -0.1) is 20.4 Å². The third-order valence-electron chi connectivity index (χ3n) is 24.8. The number of anilines is 4. The molecule has 144 heavy (non-hydrogen) atoms. The molecule has 8 aliphatic carbocycles. The zero-order valence-electron chi connectivity index (χ0n) is 112. The number of hydrogen-bond acceptors (Lipinski definition) is 40. The molecule has 24 atom stereocenters. The second kappa shape index (κ2) is 47.3. The quantitative estimate of drug-likeness (QED) is 0.00969. The second-order valence-corrected chi connectivity index (χ2v) is 37.9. The van der Waals surface area contributed by atoms with Crippen LogP contribution >= 0.6 is 47.0 Å². The Morgan fingerprint density at radius 2 is 0.667 bits per heavy atom. The van der Waals surface area contributed by atoms with Gasteiger partial charge in [0.2, 0.25) is 0 Å². The molecule has 12 aromatic rings. The number of fused-ring (bicyclic) bond motifs is 4. The van der Waals surface area contributed by atoms with Crippen molar-refractivity contribution in [2.24, 2.45) is 0 Å². The largest absolute Gasteiger partial charge is 0.394 e. The van der Waals surface area contributed by atoms with Gasteiger partial charge < -0.3 is 101 Å². The lowest BCUT2D eigenvalue weighted by Crippen LogP contribution is -2.33. The highest BCUT2D eigenvalue weighted by Gasteiger charge is 2.51. The fourth-order valence-electron chi connectivity index (χ4n) is 17.0. The SMILES string of the molecule is [2H]c1c([2H])c([C@@H]2C[C@H]2Nc2nc(SC([2H])([2H])C([2H])([2H])C)nc3c2nnn3[C@@H]2C[C@H](OC([2H])([2H])C([2H])([2H])O)[C@@H](O)[C@H]2O)c([2H])c(F)c1C.[2H]c1c([2H])c([C@@H]2C[C@H]2Nc2nc(SC([2H])([2H])C([2H])([2H])C)nc3c2nnn3[C@@H]2C[C@H](OC([2H])([2H])CO)[C@@H](O)[C@H]2O)c([2H])c(F)c1C.[2H]c1c([2H])c([C@@H]2C[C@H]2Nc2nc(SC([2H])([2H])C([2H])([2H])C)nc3c2nnn3[C@@H]2C[C@H](OCC([2H])([2H])O)[C@@H](O)[C@H]2O)c([2H])c(F)c1C.[2H]c1c([2H])c([C@H]2[C@H](Nc3nc(SCCC)nc4c3nnn4[C@@H]3C[C@H](OCCO)[C@@H](O)[C@H]3O)C2([2H])[2H])c([2H])c(F)c1C. The van der Waals surface area contributed by atoms with E-state index in [1.165, 1.54) is 48.8 Å². The van der Waals surface area contributed by atoms with E-state index in [0.717, 1.165) is 36.6 Å². The molecule has 8 saturated carbocycles. The lowest BCUT2D eigenvalue weighted by molar-refractivity contribution is -0.0629. The summed E-state index contributed by atoms with van der Waals surface area (Å²) in [7, 11) is 0. The number of nitrogens with one attached hydrogen (secondary N) is 4. The Hall–Kier alpha value is -9.52. The minimum absolute atomic E-state index is 0.00939. The summed E-state index contributed by atoms with van der Waals surface area (Å²) in [4.78, 5) is 35.1. The molecule has 8 heterocycles. The molecule has 40 nitrogen and oxygen atoms in total. The van der Waals surface area contributed by atoms with Crippen molar-refractivity contribution < 1.29 is 144 Å². The Morgan fingerprint density at radius 3 is 0.965 bits per heavy atom. The number of aromatic nitrogens is 20. The molecule has 0 amide bonds. The highest BCUT2D eigenvalue weighted by molar-refractivity contribution is 7.99. The van der Waals surface area contributed by atoms with Crippen LogP contribution in [0.3, 0.4) is 0 Å². The Kier molecular flexibility index (Phi) is 23.1. The molecule has 20 rings (SSSR count). The monoisotopic (exact) mass is 2110 g/mol. The second-order valence-electron chi connectivity index (χ2n) is 34.5. The summed E-state index contributed by atoms with van der Waals surface area (Å²) >= 11 is 2.46. The number of ether oxygens (including phenoxy) is 4. The summed E-state index contributed by atoms with van der Waals surface area (Å²) in [5.41, 5.74) is -7.80. The Morgan fingerprint density at radius 1 is 0.368 bits per heavy atom. The van der Waals surface area contributed by atoms with Crippen LogP contribution in [0.15, 0.2) is 93.1 Å². The van der Waals surface area contributed by atoms with E-state index in [2.05, 4.69) is 102 Å². The molecule has 0 saturated heterocycles. The lowest BCUT2D eigenvalue weighted by Gasteiger charge is -2.17.